The number of para-hydroxylation sites is 1. The lowest BCUT2D eigenvalue weighted by Crippen LogP contribution is -2.40. The van der Waals surface area contributed by atoms with E-state index in [9.17, 15) is 14.4 Å². The summed E-state index contributed by atoms with van der Waals surface area (Å²) in [7, 11) is 0. The van der Waals surface area contributed by atoms with Crippen molar-refractivity contribution in [3.8, 4) is 0 Å². The number of hydrogen-bond acceptors (Lipinski definition) is 4. The average molecular weight is 368 g/mol. The number of carbonyl (C=O) groups excluding carboxylic acids is 2. The highest BCUT2D eigenvalue weighted by Gasteiger charge is 2.32. The van der Waals surface area contributed by atoms with Gasteiger partial charge in [-0.1, -0.05) is 18.2 Å². The molecule has 0 radical (unpaired) electrons. The molecule has 1 fully saturated rings. The van der Waals surface area contributed by atoms with Crippen molar-refractivity contribution in [2.75, 3.05) is 18.0 Å². The van der Waals surface area contributed by atoms with Crippen LogP contribution in [0.4, 0.5) is 5.69 Å². The predicted molar refractivity (Wildman–Crippen MR) is 96.3 cm³/mol. The van der Waals surface area contributed by atoms with Gasteiger partial charge in [-0.2, -0.15) is 0 Å². The highest BCUT2D eigenvalue weighted by atomic mass is 16.4. The first-order valence-corrected chi connectivity index (χ1v) is 9.01. The molecule has 2 aromatic rings. The lowest BCUT2D eigenvalue weighted by Gasteiger charge is -2.29. The Kier molecular flexibility index (Phi) is 4.43. The van der Waals surface area contributed by atoms with E-state index in [4.69, 9.17) is 9.52 Å². The minimum Gasteiger partial charge on any atom is -0.481 e. The summed E-state index contributed by atoms with van der Waals surface area (Å²) in [5, 5.41) is 9.10. The fourth-order valence-electron chi connectivity index (χ4n) is 3.78. The molecule has 3 heterocycles. The first-order valence-electron chi connectivity index (χ1n) is 9.01. The minimum absolute atomic E-state index is 0.00179. The average Bonchev–Trinajstić information content (AvgIpc) is 3.26. The molecule has 27 heavy (non-hydrogen) atoms. The third-order valence-electron chi connectivity index (χ3n) is 5.33. The number of carboxylic acids is 1. The maximum atomic E-state index is 12.8. The number of rotatable bonds is 4. The van der Waals surface area contributed by atoms with Crippen molar-refractivity contribution in [1.82, 2.24) is 4.90 Å². The zero-order chi connectivity index (χ0) is 19.0. The van der Waals surface area contributed by atoms with Gasteiger partial charge in [-0.25, -0.2) is 0 Å². The molecule has 1 saturated heterocycles. The Labute approximate surface area is 156 Å². The van der Waals surface area contributed by atoms with Crippen LogP contribution in [0.5, 0.6) is 0 Å². The van der Waals surface area contributed by atoms with E-state index in [1.807, 2.05) is 24.3 Å². The van der Waals surface area contributed by atoms with Crippen LogP contribution >= 0.6 is 0 Å². The standard InChI is InChI=1S/C20H20N2O5/c23-17-11-14-3-1-2-4-16(14)22(17)12-15-7-10-27-18(15)19(24)21-8-5-13(6-9-21)20(25)26/h1-4,7,10,13H,5-6,8-9,11-12H2,(H,25,26). The minimum atomic E-state index is -0.813. The van der Waals surface area contributed by atoms with Gasteiger partial charge >= 0.3 is 5.97 Å². The van der Waals surface area contributed by atoms with E-state index in [-0.39, 0.29) is 24.1 Å². The van der Waals surface area contributed by atoms with E-state index in [1.54, 1.807) is 15.9 Å². The van der Waals surface area contributed by atoms with Crippen LogP contribution in [0.25, 0.3) is 0 Å². The van der Waals surface area contributed by atoms with Crippen molar-refractivity contribution in [2.45, 2.75) is 25.8 Å². The molecule has 1 aromatic heterocycles. The summed E-state index contributed by atoms with van der Waals surface area (Å²) in [6, 6.07) is 9.34. The Morgan fingerprint density at radius 1 is 1.15 bits per heavy atom. The zero-order valence-corrected chi connectivity index (χ0v) is 14.8. The quantitative estimate of drug-likeness (QED) is 0.894. The van der Waals surface area contributed by atoms with E-state index in [0.29, 0.717) is 37.9 Å². The van der Waals surface area contributed by atoms with E-state index < -0.39 is 11.9 Å². The Morgan fingerprint density at radius 2 is 1.89 bits per heavy atom. The second kappa shape index (κ2) is 6.90. The second-order valence-corrected chi connectivity index (χ2v) is 6.97. The van der Waals surface area contributed by atoms with E-state index in [2.05, 4.69) is 0 Å². The van der Waals surface area contributed by atoms with Crippen molar-refractivity contribution < 1.29 is 23.9 Å². The van der Waals surface area contributed by atoms with Crippen molar-refractivity contribution in [3.05, 3.63) is 53.5 Å². The normalized spacial score (nSPS) is 17.3. The van der Waals surface area contributed by atoms with Crippen molar-refractivity contribution >= 4 is 23.5 Å². The van der Waals surface area contributed by atoms with Gasteiger partial charge in [0.15, 0.2) is 5.76 Å². The van der Waals surface area contributed by atoms with Crippen molar-refractivity contribution in [1.29, 1.82) is 0 Å². The number of carboxylic acid groups (broad SMARTS) is 1. The summed E-state index contributed by atoms with van der Waals surface area (Å²) in [5.74, 6) is -1.24. The maximum absolute atomic E-state index is 12.8. The SMILES string of the molecule is O=C(O)C1CCN(C(=O)c2occc2CN2C(=O)Cc3ccccc32)CC1. The first kappa shape index (κ1) is 17.3. The van der Waals surface area contributed by atoms with Gasteiger partial charge in [0.25, 0.3) is 5.91 Å². The number of furan rings is 1. The molecule has 2 aliphatic rings. The van der Waals surface area contributed by atoms with Crippen LogP contribution in [0.2, 0.25) is 0 Å². The van der Waals surface area contributed by atoms with Crippen molar-refractivity contribution in [2.24, 2.45) is 5.92 Å². The molecule has 0 unspecified atom stereocenters. The molecule has 140 valence electrons. The molecule has 1 aromatic carbocycles. The Balaban J connectivity index is 1.50. The third-order valence-corrected chi connectivity index (χ3v) is 5.33. The number of nitrogens with zero attached hydrogens (tertiary/aromatic N) is 2. The number of benzene rings is 1. The van der Waals surface area contributed by atoms with Crippen LogP contribution in [0.1, 0.15) is 34.5 Å². The molecule has 0 bridgehead atoms. The molecule has 2 amide bonds. The van der Waals surface area contributed by atoms with Crippen LogP contribution in [0.15, 0.2) is 41.0 Å². The highest BCUT2D eigenvalue weighted by Crippen LogP contribution is 2.31. The molecular weight excluding hydrogens is 348 g/mol. The smallest absolute Gasteiger partial charge is 0.306 e. The van der Waals surface area contributed by atoms with Gasteiger partial charge in [0.2, 0.25) is 5.91 Å². The Bertz CT molecular complexity index is 895. The van der Waals surface area contributed by atoms with Gasteiger partial charge < -0.3 is 19.3 Å². The zero-order valence-electron chi connectivity index (χ0n) is 14.8. The summed E-state index contributed by atoms with van der Waals surface area (Å²) in [6.45, 7) is 1.06. The van der Waals surface area contributed by atoms with Crippen molar-refractivity contribution in [3.63, 3.8) is 0 Å². The lowest BCUT2D eigenvalue weighted by molar-refractivity contribution is -0.143. The van der Waals surface area contributed by atoms with Crippen LogP contribution < -0.4 is 4.90 Å². The van der Waals surface area contributed by atoms with E-state index >= 15 is 0 Å². The van der Waals surface area contributed by atoms with E-state index in [1.165, 1.54) is 6.26 Å². The number of anilines is 1. The monoisotopic (exact) mass is 368 g/mol. The molecule has 1 N–H and O–H groups in total. The Morgan fingerprint density at radius 3 is 2.63 bits per heavy atom. The van der Waals surface area contributed by atoms with E-state index in [0.717, 1.165) is 11.3 Å². The fourth-order valence-corrected chi connectivity index (χ4v) is 3.78. The number of fused-ring (bicyclic) bond motifs is 1. The van der Waals surface area contributed by atoms with Crippen LogP contribution in [0.3, 0.4) is 0 Å². The predicted octanol–water partition coefficient (Wildman–Crippen LogP) is 2.31. The van der Waals surface area contributed by atoms with Crippen LogP contribution in [-0.2, 0) is 22.6 Å². The van der Waals surface area contributed by atoms with Gasteiger partial charge in [0.05, 0.1) is 25.1 Å². The molecule has 0 atom stereocenters. The van der Waals surface area contributed by atoms with Gasteiger partial charge in [-0.3, -0.25) is 14.4 Å². The van der Waals surface area contributed by atoms with Crippen LogP contribution in [-0.4, -0.2) is 40.9 Å². The fraction of sp³-hybridized carbons (Fsp3) is 0.350. The largest absolute Gasteiger partial charge is 0.481 e. The number of likely N-dealkylation sites (tertiary alicyclic amines) is 1. The van der Waals surface area contributed by atoms with Crippen LogP contribution in [0, 0.1) is 5.92 Å². The molecular formula is C20H20N2O5. The first-order chi connectivity index (χ1) is 13.0. The van der Waals surface area contributed by atoms with Gasteiger partial charge in [0, 0.05) is 24.3 Å². The second-order valence-electron chi connectivity index (χ2n) is 6.97. The molecule has 0 saturated carbocycles. The highest BCUT2D eigenvalue weighted by molar-refractivity contribution is 6.01. The summed E-state index contributed by atoms with van der Waals surface area (Å²) in [5.41, 5.74) is 2.50. The maximum Gasteiger partial charge on any atom is 0.306 e. The van der Waals surface area contributed by atoms with Gasteiger partial charge in [0.1, 0.15) is 0 Å². The summed E-state index contributed by atoms with van der Waals surface area (Å²) < 4.78 is 5.44. The topological polar surface area (TPSA) is 91.1 Å². The third kappa shape index (κ3) is 3.20. The summed E-state index contributed by atoms with van der Waals surface area (Å²) in [4.78, 5) is 39.6. The number of aliphatic carboxylic acids is 1. The summed E-state index contributed by atoms with van der Waals surface area (Å²) >= 11 is 0. The Hall–Kier alpha value is -3.09. The molecule has 4 rings (SSSR count). The molecule has 7 nitrogen and oxygen atoms in total. The number of hydrogen-bond donors (Lipinski definition) is 1. The number of piperidine rings is 1. The number of carbonyl (C=O) groups is 3. The molecule has 2 aliphatic heterocycles. The molecule has 0 spiro atoms. The molecule has 0 aliphatic carbocycles. The van der Waals surface area contributed by atoms with Gasteiger partial charge in [-0.05, 0) is 30.5 Å². The molecule has 7 heteroatoms. The van der Waals surface area contributed by atoms with Gasteiger partial charge in [-0.15, -0.1) is 0 Å². The number of amides is 2. The summed E-state index contributed by atoms with van der Waals surface area (Å²) in [6.07, 6.45) is 2.70. The lowest BCUT2D eigenvalue weighted by atomic mass is 9.97.